The average Bonchev–Trinajstić information content (AvgIpc) is 3.68. The highest BCUT2D eigenvalue weighted by Gasteiger charge is 2.49. The van der Waals surface area contributed by atoms with Crippen molar-refractivity contribution in [2.75, 3.05) is 50.7 Å². The van der Waals surface area contributed by atoms with Crippen LogP contribution in [0.25, 0.3) is 5.57 Å². The highest BCUT2D eigenvalue weighted by molar-refractivity contribution is 6.09. The lowest BCUT2D eigenvalue weighted by Gasteiger charge is -2.51. The number of benzene rings is 2. The maximum atomic E-state index is 14.6. The van der Waals surface area contributed by atoms with Crippen molar-refractivity contribution in [3.05, 3.63) is 101 Å². The number of amides is 1. The maximum absolute atomic E-state index is 14.6. The second kappa shape index (κ2) is 15.6. The number of esters is 1. The van der Waals surface area contributed by atoms with Crippen LogP contribution in [0.15, 0.2) is 83.2 Å². The summed E-state index contributed by atoms with van der Waals surface area (Å²) in [6.07, 6.45) is 8.73. The van der Waals surface area contributed by atoms with E-state index in [1.807, 2.05) is 77.3 Å². The third-order valence-electron chi connectivity index (χ3n) is 12.4. The van der Waals surface area contributed by atoms with Gasteiger partial charge in [0, 0.05) is 98.0 Å². The first-order valence-electron chi connectivity index (χ1n) is 20.8. The van der Waals surface area contributed by atoms with Crippen LogP contribution < -0.4 is 9.64 Å². The van der Waals surface area contributed by atoms with Crippen molar-refractivity contribution in [1.29, 1.82) is 0 Å². The Kier molecular flexibility index (Phi) is 10.7. The van der Waals surface area contributed by atoms with E-state index in [0.29, 0.717) is 61.9 Å². The van der Waals surface area contributed by atoms with Crippen molar-refractivity contribution in [3.63, 3.8) is 0 Å². The van der Waals surface area contributed by atoms with E-state index in [4.69, 9.17) is 9.47 Å². The van der Waals surface area contributed by atoms with Gasteiger partial charge in [-0.25, -0.2) is 4.68 Å². The number of piperidine rings is 1. The van der Waals surface area contributed by atoms with Crippen molar-refractivity contribution >= 4 is 28.8 Å². The second-order valence-corrected chi connectivity index (χ2v) is 17.2. The van der Waals surface area contributed by atoms with Gasteiger partial charge in [-0.15, -0.1) is 5.10 Å². The topological polar surface area (TPSA) is 129 Å². The Morgan fingerprint density at radius 3 is 2.41 bits per heavy atom. The molecule has 58 heavy (non-hydrogen) atoms. The lowest BCUT2D eigenvalue weighted by molar-refractivity contribution is -0.249. The zero-order valence-electron chi connectivity index (χ0n) is 34.8. The Balaban J connectivity index is 1.03. The molecule has 1 aromatic heterocycles. The number of ether oxygens (including phenoxy) is 2. The number of fused-ring (bicyclic) bond motifs is 4. The molecule has 8 rings (SSSR count). The van der Waals surface area contributed by atoms with E-state index >= 15 is 0 Å². The molecule has 0 radical (unpaired) electrons. The third kappa shape index (κ3) is 7.28. The van der Waals surface area contributed by atoms with Gasteiger partial charge in [0.1, 0.15) is 23.5 Å². The summed E-state index contributed by atoms with van der Waals surface area (Å²) >= 11 is 0. The Morgan fingerprint density at radius 1 is 0.983 bits per heavy atom. The van der Waals surface area contributed by atoms with Crippen molar-refractivity contribution < 1.29 is 24.3 Å². The number of aromatic nitrogens is 3. The average molecular weight is 789 g/mol. The Bertz CT molecular complexity index is 2190. The molecule has 2 fully saturated rings. The third-order valence-corrected chi connectivity index (χ3v) is 12.4. The molecule has 2 aromatic carbocycles. The minimum Gasteiger partial charge on any atom is -0.484 e. The molecule has 0 bridgehead atoms. The molecular weight excluding hydrogens is 733 g/mol. The number of nitrogens with zero attached hydrogens (tertiary/aromatic N) is 8. The first kappa shape index (κ1) is 39.7. The molecule has 4 aliphatic heterocycles. The van der Waals surface area contributed by atoms with E-state index < -0.39 is 18.0 Å². The zero-order chi connectivity index (χ0) is 40.9. The number of aliphatic imine (C=N–C) groups is 1. The van der Waals surface area contributed by atoms with Crippen LogP contribution in [-0.2, 0) is 16.1 Å². The van der Waals surface area contributed by atoms with Gasteiger partial charge in [-0.05, 0) is 103 Å². The summed E-state index contributed by atoms with van der Waals surface area (Å²) < 4.78 is 14.8. The molecule has 5 heterocycles. The first-order chi connectivity index (χ1) is 27.8. The van der Waals surface area contributed by atoms with Crippen LogP contribution in [0.2, 0.25) is 0 Å². The van der Waals surface area contributed by atoms with E-state index in [1.165, 1.54) is 5.06 Å². The fourth-order valence-electron chi connectivity index (χ4n) is 9.62. The highest BCUT2D eigenvalue weighted by Crippen LogP contribution is 2.53. The van der Waals surface area contributed by atoms with Crippen LogP contribution in [0, 0.1) is 5.92 Å². The lowest BCUT2D eigenvalue weighted by Crippen LogP contribution is -2.59. The van der Waals surface area contributed by atoms with Crippen molar-refractivity contribution in [2.45, 2.75) is 91.1 Å². The molecule has 2 atom stereocenters. The summed E-state index contributed by atoms with van der Waals surface area (Å²) in [7, 11) is 0. The van der Waals surface area contributed by atoms with E-state index in [1.54, 1.807) is 0 Å². The number of piperazine rings is 1. The second-order valence-electron chi connectivity index (χ2n) is 17.2. The van der Waals surface area contributed by atoms with Gasteiger partial charge in [0.2, 0.25) is 0 Å². The standard InChI is InChI=1S/C45H56N8O5/c1-8-46-29-15-17-35-37(23-29)57-41-36-18-16-31(50(9-2)10-3)24-38(36)58-43(55)40(41)39(35)33-13-11-12-14-34(33)42(54)51-21-19-49(20-22-51)27-30-28-52(48-47-30)32-25-44(4,5)53(56)45(6,7)26-32/h11-18,23-24,28,32,40-41,56H,8-10,19-22,25-27H2,1-7H3/b46-29-. The monoisotopic (exact) mass is 788 g/mol. The molecule has 0 spiro atoms. The predicted octanol–water partition coefficient (Wildman–Crippen LogP) is 6.64. The number of hydrogen-bond acceptors (Lipinski definition) is 11. The SMILES string of the molecule is CC/N=C1/C=CC2=C(c3ccccc3C(=O)N3CCN(Cc4cn(C5CC(C)(C)N(O)C(C)(C)C5)nn4)CC3)C3C(=O)Oc4cc(N(CC)CC)ccc4C3OC2=C1. The molecule has 5 aliphatic rings. The van der Waals surface area contributed by atoms with Crippen LogP contribution in [-0.4, -0.2) is 110 Å². The van der Waals surface area contributed by atoms with E-state index in [0.717, 1.165) is 59.7 Å². The van der Waals surface area contributed by atoms with Crippen LogP contribution in [0.3, 0.4) is 0 Å². The predicted molar refractivity (Wildman–Crippen MR) is 223 cm³/mol. The van der Waals surface area contributed by atoms with Gasteiger partial charge in [0.15, 0.2) is 0 Å². The Morgan fingerprint density at radius 2 is 1.71 bits per heavy atom. The minimum atomic E-state index is -0.791. The quantitative estimate of drug-likeness (QED) is 0.186. The van der Waals surface area contributed by atoms with Gasteiger partial charge in [0.05, 0.1) is 23.6 Å². The summed E-state index contributed by atoms with van der Waals surface area (Å²) in [6.45, 7) is 19.8. The molecule has 13 nitrogen and oxygen atoms in total. The maximum Gasteiger partial charge on any atom is 0.323 e. The first-order valence-corrected chi connectivity index (χ1v) is 20.8. The molecular formula is C45H56N8O5. The largest absolute Gasteiger partial charge is 0.484 e. The van der Waals surface area contributed by atoms with Crippen LogP contribution in [0.5, 0.6) is 5.75 Å². The molecule has 0 saturated carbocycles. The van der Waals surface area contributed by atoms with Gasteiger partial charge < -0.3 is 24.5 Å². The molecule has 2 unspecified atom stereocenters. The van der Waals surface area contributed by atoms with Crippen LogP contribution >= 0.6 is 0 Å². The normalized spacial score (nSPS) is 23.8. The summed E-state index contributed by atoms with van der Waals surface area (Å²) in [6, 6.07) is 13.7. The van der Waals surface area contributed by atoms with Crippen LogP contribution in [0.1, 0.15) is 101 Å². The number of rotatable bonds is 9. The fourth-order valence-corrected chi connectivity index (χ4v) is 9.62. The number of hydrogen-bond donors (Lipinski definition) is 1. The van der Waals surface area contributed by atoms with Crippen LogP contribution in [0.4, 0.5) is 5.69 Å². The lowest BCUT2D eigenvalue weighted by atomic mass is 9.76. The number of hydroxylamine groups is 2. The summed E-state index contributed by atoms with van der Waals surface area (Å²) in [5, 5.41) is 21.3. The van der Waals surface area contributed by atoms with Crippen molar-refractivity contribution in [1.82, 2.24) is 29.9 Å². The molecule has 1 aliphatic carbocycles. The van der Waals surface area contributed by atoms with Gasteiger partial charge >= 0.3 is 5.97 Å². The highest BCUT2D eigenvalue weighted by atomic mass is 16.6. The van der Waals surface area contributed by atoms with Gasteiger partial charge in [-0.1, -0.05) is 23.4 Å². The number of carbonyl (C=O) groups excluding carboxylic acids is 2. The molecule has 3 aromatic rings. The number of allylic oxidation sites excluding steroid dienone is 3. The van der Waals surface area contributed by atoms with E-state index in [-0.39, 0.29) is 23.0 Å². The minimum absolute atomic E-state index is 0.0789. The summed E-state index contributed by atoms with van der Waals surface area (Å²) in [5.41, 5.74) is 5.40. The van der Waals surface area contributed by atoms with Crippen molar-refractivity contribution in [3.8, 4) is 5.75 Å². The molecule has 306 valence electrons. The zero-order valence-corrected chi connectivity index (χ0v) is 34.8. The smallest absolute Gasteiger partial charge is 0.323 e. The van der Waals surface area contributed by atoms with Crippen molar-refractivity contribution in [2.24, 2.45) is 10.9 Å². The van der Waals surface area contributed by atoms with Gasteiger partial charge in [-0.3, -0.25) is 19.5 Å². The number of anilines is 1. The molecule has 1 amide bonds. The molecule has 13 heteroatoms. The molecule has 2 saturated heterocycles. The Hall–Kier alpha value is -5.11. The summed E-state index contributed by atoms with van der Waals surface area (Å²) in [5.74, 6) is -0.155. The molecule has 1 N–H and O–H groups in total. The van der Waals surface area contributed by atoms with Gasteiger partial charge in [0.25, 0.3) is 5.91 Å². The number of carbonyl (C=O) groups is 2. The Labute approximate surface area is 341 Å². The summed E-state index contributed by atoms with van der Waals surface area (Å²) in [4.78, 5) is 39.8. The van der Waals surface area contributed by atoms with E-state index in [9.17, 15) is 14.8 Å². The van der Waals surface area contributed by atoms with Gasteiger partial charge in [-0.2, -0.15) is 5.06 Å². The fraction of sp³-hybridized carbons (Fsp3) is 0.489. The van der Waals surface area contributed by atoms with E-state index in [2.05, 4.69) is 72.7 Å².